The van der Waals surface area contributed by atoms with E-state index in [4.69, 9.17) is 4.74 Å². The first-order chi connectivity index (χ1) is 11.8. The van der Waals surface area contributed by atoms with Gasteiger partial charge < -0.3 is 4.74 Å². The molecule has 144 valence electrons. The van der Waals surface area contributed by atoms with Crippen LogP contribution in [0.3, 0.4) is 0 Å². The van der Waals surface area contributed by atoms with Crippen LogP contribution in [-0.2, 0) is 10.9 Å². The molecule has 26 heavy (non-hydrogen) atoms. The van der Waals surface area contributed by atoms with Crippen LogP contribution in [0.25, 0.3) is 0 Å². The summed E-state index contributed by atoms with van der Waals surface area (Å²) in [4.78, 5) is 4.01. The number of para-hydroxylation sites is 2. The van der Waals surface area contributed by atoms with Crippen LogP contribution < -0.4 is 4.74 Å². The maximum absolute atomic E-state index is 10.7. The summed E-state index contributed by atoms with van der Waals surface area (Å²) in [7, 11) is -10.7. The van der Waals surface area contributed by atoms with Crippen molar-refractivity contribution in [3.8, 4) is 11.5 Å². The van der Waals surface area contributed by atoms with E-state index in [9.17, 15) is 25.2 Å². The van der Waals surface area contributed by atoms with Crippen molar-refractivity contribution < 1.29 is 29.9 Å². The molecule has 1 nitrogen and oxygen atoms in total. The third-order valence-electron chi connectivity index (χ3n) is 3.17. The topological polar surface area (TPSA) is 9.23 Å². The third kappa shape index (κ3) is 6.57. The molecule has 0 fully saturated rings. The van der Waals surface area contributed by atoms with E-state index in [-0.39, 0.29) is 10.9 Å². The Balaban J connectivity index is 0.000000298. The van der Waals surface area contributed by atoms with Crippen molar-refractivity contribution in [3.63, 3.8) is 0 Å². The molecule has 0 atom stereocenters. The van der Waals surface area contributed by atoms with Crippen molar-refractivity contribution in [2.75, 3.05) is 0 Å². The van der Waals surface area contributed by atoms with Crippen molar-refractivity contribution in [2.45, 2.75) is 30.1 Å². The Kier molecular flexibility index (Phi) is 5.16. The number of halogens is 6. The monoisotopic (exact) mass is 414 g/mol. The molecule has 0 N–H and O–H groups in total. The van der Waals surface area contributed by atoms with E-state index in [1.165, 1.54) is 14.7 Å². The summed E-state index contributed by atoms with van der Waals surface area (Å²) in [6.07, 6.45) is 3.39. The van der Waals surface area contributed by atoms with Gasteiger partial charge in [0, 0.05) is 6.92 Å². The van der Waals surface area contributed by atoms with E-state index in [1.807, 2.05) is 12.1 Å². The van der Waals surface area contributed by atoms with Crippen LogP contribution in [0.4, 0.5) is 25.2 Å². The standard InChI is InChI=1S/C17H17OS.F6P/c1-3-8-13(2)19-16-11-6-4-9-14(16)18-15-10-5-7-12-17(15)19;1-7(2,3,4,5)6/h4-12H,3H2,1-2H3;/q+1;-1/b13-8+;. The van der Waals surface area contributed by atoms with Crippen molar-refractivity contribution in [3.05, 3.63) is 59.5 Å². The van der Waals surface area contributed by atoms with Crippen molar-refractivity contribution in [1.82, 2.24) is 0 Å². The second-order valence-electron chi connectivity index (χ2n) is 5.48. The number of ether oxygens (including phenoxy) is 1. The molecule has 0 radical (unpaired) electrons. The van der Waals surface area contributed by atoms with E-state index >= 15 is 0 Å². The average Bonchev–Trinajstić information content (AvgIpc) is 2.49. The summed E-state index contributed by atoms with van der Waals surface area (Å²) in [6, 6.07) is 16.7. The summed E-state index contributed by atoms with van der Waals surface area (Å²) in [5.41, 5.74) is 0. The van der Waals surface area contributed by atoms with Crippen LogP contribution in [0.15, 0.2) is 69.3 Å². The number of fused-ring (bicyclic) bond motifs is 2. The van der Waals surface area contributed by atoms with Crippen LogP contribution in [0.5, 0.6) is 11.5 Å². The molecule has 2 aromatic rings. The van der Waals surface area contributed by atoms with Crippen LogP contribution in [0.2, 0.25) is 0 Å². The zero-order valence-corrected chi connectivity index (χ0v) is 15.6. The Morgan fingerprint density at radius 1 is 0.885 bits per heavy atom. The first-order valence-electron chi connectivity index (χ1n) is 7.59. The normalized spacial score (nSPS) is 16.8. The molecule has 1 aliphatic rings. The Morgan fingerprint density at radius 3 is 1.65 bits per heavy atom. The number of hydrogen-bond acceptors (Lipinski definition) is 1. The second-order valence-corrected chi connectivity index (χ2v) is 9.54. The maximum atomic E-state index is 9.87. The Morgan fingerprint density at radius 2 is 1.27 bits per heavy atom. The fourth-order valence-corrected chi connectivity index (χ4v) is 4.68. The second kappa shape index (κ2) is 6.50. The Labute approximate surface area is 150 Å². The van der Waals surface area contributed by atoms with Crippen molar-refractivity contribution in [2.24, 2.45) is 0 Å². The molecular formula is C17H17F6OPS. The zero-order valence-electron chi connectivity index (χ0n) is 13.9. The van der Waals surface area contributed by atoms with Crippen LogP contribution >= 0.6 is 7.81 Å². The first kappa shape index (κ1) is 20.6. The SMILES string of the molecule is CC/C=C(\C)[S+]1c2ccccc2Oc2ccccc21.F[P-](F)(F)(F)(F)F. The predicted octanol–water partition coefficient (Wildman–Crippen LogP) is 8.52. The molecule has 0 aliphatic carbocycles. The number of rotatable bonds is 2. The number of hydrogen-bond donors (Lipinski definition) is 0. The zero-order chi connectivity index (χ0) is 19.7. The molecule has 1 aliphatic heterocycles. The fourth-order valence-electron chi connectivity index (χ4n) is 2.36. The molecule has 3 rings (SSSR count). The fraction of sp³-hybridized carbons (Fsp3) is 0.176. The molecule has 0 aromatic heterocycles. The van der Waals surface area contributed by atoms with E-state index in [0.717, 1.165) is 17.9 Å². The quantitative estimate of drug-likeness (QED) is 0.272. The van der Waals surface area contributed by atoms with Crippen LogP contribution in [-0.4, -0.2) is 0 Å². The van der Waals surface area contributed by atoms with E-state index in [2.05, 4.69) is 56.3 Å². The average molecular weight is 414 g/mol. The van der Waals surface area contributed by atoms with Crippen LogP contribution in [0, 0.1) is 0 Å². The minimum atomic E-state index is -10.7. The summed E-state index contributed by atoms with van der Waals surface area (Å²) >= 11 is 0. The molecule has 0 spiro atoms. The molecule has 0 saturated carbocycles. The van der Waals surface area contributed by atoms with Crippen molar-refractivity contribution >= 4 is 18.7 Å². The molecule has 0 amide bonds. The summed E-state index contributed by atoms with van der Waals surface area (Å²) in [6.45, 7) is 4.41. The van der Waals surface area contributed by atoms with Gasteiger partial charge >= 0.3 is 33.0 Å². The van der Waals surface area contributed by atoms with Gasteiger partial charge in [0.2, 0.25) is 9.79 Å². The molecular weight excluding hydrogens is 397 g/mol. The van der Waals surface area contributed by atoms with E-state index < -0.39 is 7.81 Å². The molecule has 0 saturated heterocycles. The van der Waals surface area contributed by atoms with Gasteiger partial charge in [-0.1, -0.05) is 31.2 Å². The molecule has 2 aromatic carbocycles. The van der Waals surface area contributed by atoms with Crippen molar-refractivity contribution in [1.29, 1.82) is 0 Å². The van der Waals surface area contributed by atoms with Gasteiger partial charge in [0.05, 0.1) is 0 Å². The summed E-state index contributed by atoms with van der Waals surface area (Å²) in [5.74, 6) is 1.99. The molecule has 9 heteroatoms. The minimum absolute atomic E-state index is 0.00306. The molecule has 0 bridgehead atoms. The van der Waals surface area contributed by atoms with Gasteiger partial charge in [0.25, 0.3) is 0 Å². The van der Waals surface area contributed by atoms with Crippen LogP contribution in [0.1, 0.15) is 20.3 Å². The van der Waals surface area contributed by atoms with Gasteiger partial charge in [0.1, 0.15) is 15.8 Å². The predicted molar refractivity (Wildman–Crippen MR) is 94.5 cm³/mol. The third-order valence-corrected chi connectivity index (χ3v) is 5.54. The van der Waals surface area contributed by atoms with Gasteiger partial charge in [-0.2, -0.15) is 0 Å². The van der Waals surface area contributed by atoms with Gasteiger partial charge in [-0.15, -0.1) is 0 Å². The number of allylic oxidation sites excluding steroid dienone is 2. The van der Waals surface area contributed by atoms with E-state index in [0.29, 0.717) is 0 Å². The van der Waals surface area contributed by atoms with Gasteiger partial charge in [0.15, 0.2) is 11.5 Å². The Hall–Kier alpha value is -1.66. The first-order valence-corrected chi connectivity index (χ1v) is 10.8. The van der Waals surface area contributed by atoms with Gasteiger partial charge in [-0.25, -0.2) is 0 Å². The van der Waals surface area contributed by atoms with Gasteiger partial charge in [-0.05, 0) is 36.8 Å². The number of benzene rings is 2. The molecule has 1 heterocycles. The molecule has 0 unspecified atom stereocenters. The summed E-state index contributed by atoms with van der Waals surface area (Å²) in [5, 5.41) is 0. The van der Waals surface area contributed by atoms with Gasteiger partial charge in [-0.3, -0.25) is 0 Å². The summed E-state index contributed by atoms with van der Waals surface area (Å²) < 4.78 is 65.2. The Bertz CT molecular complexity index is 776. The van der Waals surface area contributed by atoms with E-state index in [1.54, 1.807) is 0 Å².